The fraction of sp³-hybridized carbons (Fsp3) is 0.182. The van der Waals surface area contributed by atoms with Crippen molar-refractivity contribution in [2.75, 3.05) is 0 Å². The second kappa shape index (κ2) is 3.37. The Hall–Kier alpha value is -1.78. The largest absolute Gasteiger partial charge is 0.472 e. The second-order valence-corrected chi connectivity index (χ2v) is 3.33. The molecule has 0 amide bonds. The number of benzene rings is 1. The molecule has 0 radical (unpaired) electrons. The predicted octanol–water partition coefficient (Wildman–Crippen LogP) is 2.56. The van der Waals surface area contributed by atoms with Gasteiger partial charge in [-0.3, -0.25) is 4.79 Å². The summed E-state index contributed by atoms with van der Waals surface area (Å²) in [4.78, 5) is 11.4. The Morgan fingerprint density at radius 3 is 2.19 bits per heavy atom. The lowest BCUT2D eigenvalue weighted by atomic mass is 9.89. The van der Waals surface area contributed by atoms with E-state index in [9.17, 15) is 18.0 Å². The van der Waals surface area contributed by atoms with Gasteiger partial charge in [0.2, 0.25) is 5.78 Å². The summed E-state index contributed by atoms with van der Waals surface area (Å²) in [6, 6.07) is 6.87. The smallest absolute Gasteiger partial charge is 0.440 e. The number of carbonyl (C=O) groups excluding carboxylic acids is 1. The number of alkyl halides is 3. The number of rotatable bonds is 1. The molecule has 1 atom stereocenters. The van der Waals surface area contributed by atoms with E-state index < -0.39 is 17.6 Å². The molecule has 2 nitrogen and oxygen atoms in total. The van der Waals surface area contributed by atoms with Crippen molar-refractivity contribution in [1.29, 1.82) is 0 Å². The minimum atomic E-state index is -4.78. The van der Waals surface area contributed by atoms with E-state index >= 15 is 0 Å². The van der Waals surface area contributed by atoms with Gasteiger partial charge >= 0.3 is 6.18 Å². The fourth-order valence-electron chi connectivity index (χ4n) is 1.63. The molecule has 0 bridgehead atoms. The standard InChI is InChI=1S/C11H7F3O2/c12-11(13,14)10(9(15)6-7-16-10)8-4-2-1-3-5-8/h1-7H. The Labute approximate surface area is 89.3 Å². The predicted molar refractivity (Wildman–Crippen MR) is 49.4 cm³/mol. The molecule has 0 saturated heterocycles. The Balaban J connectivity index is 2.58. The van der Waals surface area contributed by atoms with E-state index in [1.54, 1.807) is 6.07 Å². The van der Waals surface area contributed by atoms with Gasteiger partial charge in [0.15, 0.2) is 0 Å². The highest BCUT2D eigenvalue weighted by atomic mass is 19.4. The summed E-state index contributed by atoms with van der Waals surface area (Å²) in [5.74, 6) is -1.11. The highest BCUT2D eigenvalue weighted by molar-refractivity contribution is 6.00. The average molecular weight is 228 g/mol. The van der Waals surface area contributed by atoms with Crippen LogP contribution < -0.4 is 0 Å². The van der Waals surface area contributed by atoms with E-state index in [4.69, 9.17) is 0 Å². The lowest BCUT2D eigenvalue weighted by Crippen LogP contribution is -2.47. The second-order valence-electron chi connectivity index (χ2n) is 3.33. The number of ether oxygens (including phenoxy) is 1. The van der Waals surface area contributed by atoms with Crippen molar-refractivity contribution in [2.24, 2.45) is 0 Å². The van der Waals surface area contributed by atoms with Gasteiger partial charge in [0.25, 0.3) is 5.60 Å². The first-order valence-electron chi connectivity index (χ1n) is 4.49. The zero-order chi connectivity index (χ0) is 11.8. The molecule has 1 heterocycles. The highest BCUT2D eigenvalue weighted by Crippen LogP contribution is 2.45. The summed E-state index contributed by atoms with van der Waals surface area (Å²) >= 11 is 0. The maximum Gasteiger partial charge on any atom is 0.440 e. The molecule has 1 unspecified atom stereocenters. The van der Waals surface area contributed by atoms with Crippen LogP contribution in [0.1, 0.15) is 5.56 Å². The SMILES string of the molecule is O=C1C=COC1(c1ccccc1)C(F)(F)F. The van der Waals surface area contributed by atoms with Gasteiger partial charge in [0.05, 0.1) is 6.26 Å². The van der Waals surface area contributed by atoms with E-state index in [1.807, 2.05) is 0 Å². The lowest BCUT2D eigenvalue weighted by Gasteiger charge is -2.29. The molecule has 1 aliphatic heterocycles. The molecule has 0 aromatic heterocycles. The Kier molecular flexibility index (Phi) is 2.26. The summed E-state index contributed by atoms with van der Waals surface area (Å²) in [6.45, 7) is 0. The third-order valence-electron chi connectivity index (χ3n) is 2.39. The monoisotopic (exact) mass is 228 g/mol. The Morgan fingerprint density at radius 1 is 1.12 bits per heavy atom. The Morgan fingerprint density at radius 2 is 1.75 bits per heavy atom. The van der Waals surface area contributed by atoms with Gasteiger partial charge in [-0.1, -0.05) is 30.3 Å². The van der Waals surface area contributed by atoms with Crippen LogP contribution in [0.3, 0.4) is 0 Å². The van der Waals surface area contributed by atoms with Crippen LogP contribution in [0.2, 0.25) is 0 Å². The maximum absolute atomic E-state index is 13.0. The van der Waals surface area contributed by atoms with Gasteiger partial charge in [0.1, 0.15) is 0 Å². The van der Waals surface area contributed by atoms with Crippen molar-refractivity contribution in [3.63, 3.8) is 0 Å². The van der Waals surface area contributed by atoms with Gasteiger partial charge in [-0.25, -0.2) is 0 Å². The van der Waals surface area contributed by atoms with Crippen molar-refractivity contribution in [2.45, 2.75) is 11.8 Å². The zero-order valence-corrected chi connectivity index (χ0v) is 7.99. The number of ketones is 1. The topological polar surface area (TPSA) is 26.3 Å². The van der Waals surface area contributed by atoms with Crippen molar-refractivity contribution >= 4 is 5.78 Å². The van der Waals surface area contributed by atoms with E-state index in [0.717, 1.165) is 12.3 Å². The molecule has 1 aromatic carbocycles. The first-order chi connectivity index (χ1) is 7.48. The molecule has 1 aliphatic rings. The zero-order valence-electron chi connectivity index (χ0n) is 7.99. The van der Waals surface area contributed by atoms with Crippen LogP contribution in [0.25, 0.3) is 0 Å². The number of halogens is 3. The summed E-state index contributed by atoms with van der Waals surface area (Å²) in [5, 5.41) is 0. The number of hydrogen-bond donors (Lipinski definition) is 0. The molecular formula is C11H7F3O2. The molecular weight excluding hydrogens is 221 g/mol. The molecule has 1 aromatic rings. The van der Waals surface area contributed by atoms with Gasteiger partial charge in [0, 0.05) is 11.6 Å². The van der Waals surface area contributed by atoms with E-state index in [2.05, 4.69) is 4.74 Å². The van der Waals surface area contributed by atoms with Gasteiger partial charge in [-0.2, -0.15) is 13.2 Å². The van der Waals surface area contributed by atoms with E-state index in [0.29, 0.717) is 0 Å². The van der Waals surface area contributed by atoms with Crippen molar-refractivity contribution in [3.8, 4) is 0 Å². The van der Waals surface area contributed by atoms with Crippen LogP contribution in [0, 0.1) is 0 Å². The van der Waals surface area contributed by atoms with Gasteiger partial charge in [-0.15, -0.1) is 0 Å². The van der Waals surface area contributed by atoms with Crippen molar-refractivity contribution in [3.05, 3.63) is 48.2 Å². The minimum absolute atomic E-state index is 0.211. The molecule has 0 N–H and O–H groups in total. The van der Waals surface area contributed by atoms with Crippen LogP contribution >= 0.6 is 0 Å². The van der Waals surface area contributed by atoms with Crippen LogP contribution in [-0.4, -0.2) is 12.0 Å². The molecule has 0 aliphatic carbocycles. The van der Waals surface area contributed by atoms with Crippen LogP contribution in [0.4, 0.5) is 13.2 Å². The molecule has 0 spiro atoms. The summed E-state index contributed by atoms with van der Waals surface area (Å²) in [5.41, 5.74) is -3.08. The minimum Gasteiger partial charge on any atom is -0.472 e. The van der Waals surface area contributed by atoms with Crippen molar-refractivity contribution < 1.29 is 22.7 Å². The third-order valence-corrected chi connectivity index (χ3v) is 2.39. The molecule has 0 fully saturated rings. The van der Waals surface area contributed by atoms with Crippen LogP contribution in [0.5, 0.6) is 0 Å². The van der Waals surface area contributed by atoms with Crippen molar-refractivity contribution in [1.82, 2.24) is 0 Å². The van der Waals surface area contributed by atoms with Gasteiger partial charge in [-0.05, 0) is 0 Å². The first kappa shape index (κ1) is 10.7. The highest BCUT2D eigenvalue weighted by Gasteiger charge is 2.64. The normalized spacial score (nSPS) is 24.6. The van der Waals surface area contributed by atoms with E-state index in [1.165, 1.54) is 24.3 Å². The molecule has 84 valence electrons. The number of carbonyl (C=O) groups is 1. The average Bonchev–Trinajstić information content (AvgIpc) is 2.61. The quantitative estimate of drug-likeness (QED) is 0.738. The van der Waals surface area contributed by atoms with E-state index in [-0.39, 0.29) is 5.56 Å². The van der Waals surface area contributed by atoms with Crippen LogP contribution in [-0.2, 0) is 15.1 Å². The molecule has 0 saturated carbocycles. The third kappa shape index (κ3) is 1.31. The molecule has 5 heteroatoms. The molecule has 2 rings (SSSR count). The Bertz CT molecular complexity index is 436. The summed E-state index contributed by atoms with van der Waals surface area (Å²) in [6.07, 6.45) is -3.21. The summed E-state index contributed by atoms with van der Waals surface area (Å²) in [7, 11) is 0. The van der Waals surface area contributed by atoms with Crippen LogP contribution in [0.15, 0.2) is 42.7 Å². The maximum atomic E-state index is 13.0. The molecule has 16 heavy (non-hydrogen) atoms. The van der Waals surface area contributed by atoms with Gasteiger partial charge < -0.3 is 4.74 Å². The summed E-state index contributed by atoms with van der Waals surface area (Å²) < 4.78 is 43.4. The first-order valence-corrected chi connectivity index (χ1v) is 4.49. The lowest BCUT2D eigenvalue weighted by molar-refractivity contribution is -0.250. The number of hydrogen-bond acceptors (Lipinski definition) is 2. The fourth-order valence-corrected chi connectivity index (χ4v) is 1.63.